The SMILES string of the molecule is CN=C(NC)NCc1cccc(OCC(C)C)c1. The van der Waals surface area contributed by atoms with E-state index in [4.69, 9.17) is 4.74 Å². The van der Waals surface area contributed by atoms with E-state index in [1.165, 1.54) is 5.56 Å². The van der Waals surface area contributed by atoms with Gasteiger partial charge < -0.3 is 15.4 Å². The average Bonchev–Trinajstić information content (AvgIpc) is 2.38. The largest absolute Gasteiger partial charge is 0.493 e. The van der Waals surface area contributed by atoms with Crippen molar-refractivity contribution in [3.63, 3.8) is 0 Å². The van der Waals surface area contributed by atoms with Gasteiger partial charge in [0.25, 0.3) is 0 Å². The first-order chi connectivity index (χ1) is 8.65. The molecule has 0 aliphatic heterocycles. The van der Waals surface area contributed by atoms with Gasteiger partial charge in [-0.05, 0) is 23.6 Å². The Hall–Kier alpha value is -1.71. The van der Waals surface area contributed by atoms with Crippen LogP contribution in [0.1, 0.15) is 19.4 Å². The fraction of sp³-hybridized carbons (Fsp3) is 0.500. The lowest BCUT2D eigenvalue weighted by Gasteiger charge is -2.11. The highest BCUT2D eigenvalue weighted by Crippen LogP contribution is 2.14. The summed E-state index contributed by atoms with van der Waals surface area (Å²) in [5, 5.41) is 6.20. The van der Waals surface area contributed by atoms with E-state index < -0.39 is 0 Å². The van der Waals surface area contributed by atoms with Crippen LogP contribution in [0.3, 0.4) is 0 Å². The Morgan fingerprint density at radius 3 is 2.78 bits per heavy atom. The number of nitrogens with one attached hydrogen (secondary N) is 2. The van der Waals surface area contributed by atoms with Crippen LogP contribution in [0, 0.1) is 5.92 Å². The summed E-state index contributed by atoms with van der Waals surface area (Å²) in [5.41, 5.74) is 1.17. The number of hydrogen-bond donors (Lipinski definition) is 2. The number of hydrogen-bond acceptors (Lipinski definition) is 2. The van der Waals surface area contributed by atoms with Crippen molar-refractivity contribution in [1.29, 1.82) is 0 Å². The van der Waals surface area contributed by atoms with Gasteiger partial charge in [0.05, 0.1) is 6.61 Å². The molecule has 0 fully saturated rings. The summed E-state index contributed by atoms with van der Waals surface area (Å²) in [6.45, 7) is 5.76. The predicted octanol–water partition coefficient (Wildman–Crippen LogP) is 2.02. The summed E-state index contributed by atoms with van der Waals surface area (Å²) >= 11 is 0. The first kappa shape index (κ1) is 14.4. The third-order valence-corrected chi connectivity index (χ3v) is 2.40. The van der Waals surface area contributed by atoms with Crippen LogP contribution in [0.4, 0.5) is 0 Å². The van der Waals surface area contributed by atoms with E-state index >= 15 is 0 Å². The molecular formula is C14H23N3O. The summed E-state index contributed by atoms with van der Waals surface area (Å²) in [6.07, 6.45) is 0. The third kappa shape index (κ3) is 5.08. The molecule has 2 N–H and O–H groups in total. The number of aliphatic imine (C=N–C) groups is 1. The maximum atomic E-state index is 5.69. The molecule has 0 aliphatic carbocycles. The van der Waals surface area contributed by atoms with Gasteiger partial charge in [0.2, 0.25) is 0 Å². The monoisotopic (exact) mass is 249 g/mol. The van der Waals surface area contributed by atoms with Crippen molar-refractivity contribution in [2.75, 3.05) is 20.7 Å². The standard InChI is InChI=1S/C14H23N3O/c1-11(2)10-18-13-7-5-6-12(8-13)9-17-14(15-3)16-4/h5-8,11H,9-10H2,1-4H3,(H2,15,16,17). The maximum Gasteiger partial charge on any atom is 0.190 e. The van der Waals surface area contributed by atoms with Gasteiger partial charge in [0.1, 0.15) is 5.75 Å². The Morgan fingerprint density at radius 1 is 1.39 bits per heavy atom. The lowest BCUT2D eigenvalue weighted by atomic mass is 10.2. The molecule has 100 valence electrons. The van der Waals surface area contributed by atoms with Gasteiger partial charge in [-0.1, -0.05) is 26.0 Å². The second kappa shape index (κ2) is 7.58. The zero-order chi connectivity index (χ0) is 13.4. The van der Waals surface area contributed by atoms with Gasteiger partial charge >= 0.3 is 0 Å². The minimum absolute atomic E-state index is 0.537. The Balaban J connectivity index is 2.54. The first-order valence-electron chi connectivity index (χ1n) is 6.26. The predicted molar refractivity (Wildman–Crippen MR) is 76.0 cm³/mol. The lowest BCUT2D eigenvalue weighted by Crippen LogP contribution is -2.34. The molecule has 0 amide bonds. The van der Waals surface area contributed by atoms with E-state index in [1.54, 1.807) is 7.05 Å². The van der Waals surface area contributed by atoms with Crippen molar-refractivity contribution in [1.82, 2.24) is 10.6 Å². The maximum absolute atomic E-state index is 5.69. The molecular weight excluding hydrogens is 226 g/mol. The molecule has 0 bridgehead atoms. The highest BCUT2D eigenvalue weighted by atomic mass is 16.5. The molecule has 0 saturated carbocycles. The van der Waals surface area contributed by atoms with Crippen molar-refractivity contribution in [2.45, 2.75) is 20.4 Å². The smallest absolute Gasteiger partial charge is 0.190 e. The van der Waals surface area contributed by atoms with Gasteiger partial charge in [-0.25, -0.2) is 0 Å². The van der Waals surface area contributed by atoms with Crippen LogP contribution >= 0.6 is 0 Å². The number of rotatable bonds is 5. The van der Waals surface area contributed by atoms with Gasteiger partial charge in [-0.2, -0.15) is 0 Å². The number of guanidine groups is 1. The fourth-order valence-electron chi connectivity index (χ4n) is 1.47. The summed E-state index contributed by atoms with van der Waals surface area (Å²) in [6, 6.07) is 8.12. The van der Waals surface area contributed by atoms with E-state index in [-0.39, 0.29) is 0 Å². The molecule has 0 saturated heterocycles. The quantitative estimate of drug-likeness (QED) is 0.620. The molecule has 1 rings (SSSR count). The van der Waals surface area contributed by atoms with Crippen molar-refractivity contribution in [2.24, 2.45) is 10.9 Å². The summed E-state index contributed by atoms with van der Waals surface area (Å²) in [7, 11) is 3.60. The topological polar surface area (TPSA) is 45.7 Å². The van der Waals surface area contributed by atoms with Crippen LogP contribution in [0.15, 0.2) is 29.3 Å². The Kier molecular flexibility index (Phi) is 6.05. The summed E-state index contributed by atoms with van der Waals surface area (Å²) in [4.78, 5) is 4.07. The summed E-state index contributed by atoms with van der Waals surface area (Å²) in [5.74, 6) is 2.24. The molecule has 1 aromatic rings. The highest BCUT2D eigenvalue weighted by molar-refractivity contribution is 5.79. The summed E-state index contributed by atoms with van der Waals surface area (Å²) < 4.78 is 5.69. The molecule has 1 aromatic carbocycles. The van der Waals surface area contributed by atoms with E-state index in [9.17, 15) is 0 Å². The highest BCUT2D eigenvalue weighted by Gasteiger charge is 2.00. The van der Waals surface area contributed by atoms with Crippen LogP contribution in [0.25, 0.3) is 0 Å². The number of ether oxygens (including phenoxy) is 1. The fourth-order valence-corrected chi connectivity index (χ4v) is 1.47. The van der Waals surface area contributed by atoms with Crippen molar-refractivity contribution in [3.8, 4) is 5.75 Å². The van der Waals surface area contributed by atoms with Crippen molar-refractivity contribution >= 4 is 5.96 Å². The Labute approximate surface area is 109 Å². The number of nitrogens with zero attached hydrogens (tertiary/aromatic N) is 1. The Morgan fingerprint density at radius 2 is 2.17 bits per heavy atom. The van der Waals surface area contributed by atoms with E-state index in [0.717, 1.165) is 24.9 Å². The van der Waals surface area contributed by atoms with Crippen molar-refractivity contribution in [3.05, 3.63) is 29.8 Å². The van der Waals surface area contributed by atoms with Gasteiger partial charge in [0.15, 0.2) is 5.96 Å². The molecule has 0 radical (unpaired) electrons. The number of benzene rings is 1. The van der Waals surface area contributed by atoms with Crippen molar-refractivity contribution < 1.29 is 4.74 Å². The molecule has 4 nitrogen and oxygen atoms in total. The molecule has 18 heavy (non-hydrogen) atoms. The van der Waals surface area contributed by atoms with Gasteiger partial charge in [-0.3, -0.25) is 4.99 Å². The molecule has 0 unspecified atom stereocenters. The molecule has 0 aliphatic rings. The second-order valence-electron chi connectivity index (χ2n) is 4.53. The molecule has 0 aromatic heterocycles. The minimum Gasteiger partial charge on any atom is -0.493 e. The minimum atomic E-state index is 0.537. The third-order valence-electron chi connectivity index (χ3n) is 2.40. The molecule has 4 heteroatoms. The van der Waals surface area contributed by atoms with Gasteiger partial charge in [0, 0.05) is 20.6 Å². The van der Waals surface area contributed by atoms with Crippen LogP contribution < -0.4 is 15.4 Å². The van der Waals surface area contributed by atoms with Crippen LogP contribution in [-0.2, 0) is 6.54 Å². The zero-order valence-corrected chi connectivity index (χ0v) is 11.7. The van der Waals surface area contributed by atoms with E-state index in [1.807, 2.05) is 19.2 Å². The normalized spacial score (nSPS) is 11.5. The van der Waals surface area contributed by atoms with Gasteiger partial charge in [-0.15, -0.1) is 0 Å². The molecule has 0 spiro atoms. The second-order valence-corrected chi connectivity index (χ2v) is 4.53. The van der Waals surface area contributed by atoms with Crippen LogP contribution in [0.5, 0.6) is 5.75 Å². The first-order valence-corrected chi connectivity index (χ1v) is 6.26. The van der Waals surface area contributed by atoms with E-state index in [0.29, 0.717) is 5.92 Å². The van der Waals surface area contributed by atoms with Crippen LogP contribution in [0.2, 0.25) is 0 Å². The van der Waals surface area contributed by atoms with Crippen LogP contribution in [-0.4, -0.2) is 26.7 Å². The van der Waals surface area contributed by atoms with E-state index in [2.05, 4.69) is 41.6 Å². The molecule has 0 atom stereocenters. The lowest BCUT2D eigenvalue weighted by molar-refractivity contribution is 0.271. The Bertz CT molecular complexity index is 388. The molecule has 0 heterocycles. The average molecular weight is 249 g/mol. The zero-order valence-electron chi connectivity index (χ0n) is 11.7.